The van der Waals surface area contributed by atoms with E-state index in [1.54, 1.807) is 0 Å². The maximum Gasteiger partial charge on any atom is 0.317 e. The molecule has 2 saturated heterocycles. The van der Waals surface area contributed by atoms with Gasteiger partial charge in [-0.15, -0.1) is 0 Å². The number of aliphatic carboxylic acids is 1. The second-order valence-corrected chi connectivity index (χ2v) is 5.87. The van der Waals surface area contributed by atoms with Gasteiger partial charge in [0.2, 0.25) is 0 Å². The van der Waals surface area contributed by atoms with Crippen LogP contribution in [-0.2, 0) is 9.53 Å². The summed E-state index contributed by atoms with van der Waals surface area (Å²) in [6, 6.07) is -0.0547. The van der Waals surface area contributed by atoms with Gasteiger partial charge in [-0.05, 0) is 37.5 Å². The number of carbonyl (C=O) groups is 2. The van der Waals surface area contributed by atoms with Crippen LogP contribution in [0.5, 0.6) is 0 Å². The molecule has 0 aliphatic carbocycles. The molecule has 2 heterocycles. The van der Waals surface area contributed by atoms with Gasteiger partial charge in [-0.25, -0.2) is 4.79 Å². The van der Waals surface area contributed by atoms with Gasteiger partial charge >= 0.3 is 12.0 Å². The second-order valence-electron chi connectivity index (χ2n) is 5.87. The zero-order valence-electron chi connectivity index (χ0n) is 11.9. The van der Waals surface area contributed by atoms with Gasteiger partial charge in [-0.3, -0.25) is 4.79 Å². The van der Waals surface area contributed by atoms with E-state index in [1.165, 1.54) is 6.42 Å². The molecule has 0 aromatic carbocycles. The van der Waals surface area contributed by atoms with E-state index in [1.807, 2.05) is 4.90 Å². The number of carbonyl (C=O) groups excluding carboxylic acids is 1. The summed E-state index contributed by atoms with van der Waals surface area (Å²) in [5.74, 6) is -0.821. The lowest BCUT2D eigenvalue weighted by molar-refractivity contribution is -0.137. The monoisotopic (exact) mass is 284 g/mol. The fourth-order valence-corrected chi connectivity index (χ4v) is 3.14. The predicted molar refractivity (Wildman–Crippen MR) is 73.6 cm³/mol. The summed E-state index contributed by atoms with van der Waals surface area (Å²) in [6.07, 6.45) is 4.88. The summed E-state index contributed by atoms with van der Waals surface area (Å²) >= 11 is 0. The minimum Gasteiger partial charge on any atom is -0.481 e. The number of carboxylic acid groups (broad SMARTS) is 1. The van der Waals surface area contributed by atoms with E-state index < -0.39 is 5.97 Å². The normalized spacial score (nSPS) is 21.7. The van der Waals surface area contributed by atoms with Gasteiger partial charge in [0.15, 0.2) is 0 Å². The lowest BCUT2D eigenvalue weighted by atomic mass is 9.74. The zero-order valence-corrected chi connectivity index (χ0v) is 11.9. The molecule has 0 aromatic rings. The maximum absolute atomic E-state index is 12.1. The average molecular weight is 284 g/mol. The molecule has 0 radical (unpaired) electrons. The Balaban J connectivity index is 1.76. The van der Waals surface area contributed by atoms with Crippen LogP contribution in [0.15, 0.2) is 0 Å². The first-order chi connectivity index (χ1) is 9.61. The number of piperidine rings is 1. The molecule has 1 spiro atoms. The topological polar surface area (TPSA) is 78.9 Å². The highest BCUT2D eigenvalue weighted by Gasteiger charge is 2.38. The van der Waals surface area contributed by atoms with Crippen LogP contribution in [0.1, 0.15) is 38.5 Å². The smallest absolute Gasteiger partial charge is 0.317 e. The van der Waals surface area contributed by atoms with Crippen LogP contribution in [0.25, 0.3) is 0 Å². The van der Waals surface area contributed by atoms with Crippen molar-refractivity contribution in [1.29, 1.82) is 0 Å². The Morgan fingerprint density at radius 2 is 2.00 bits per heavy atom. The quantitative estimate of drug-likeness (QED) is 0.766. The lowest BCUT2D eigenvalue weighted by Gasteiger charge is -2.45. The maximum atomic E-state index is 12.1. The highest BCUT2D eigenvalue weighted by molar-refractivity contribution is 5.74. The first kappa shape index (κ1) is 15.1. The van der Waals surface area contributed by atoms with Crippen LogP contribution in [0.2, 0.25) is 0 Å². The molecule has 0 aromatic heterocycles. The molecule has 2 aliphatic rings. The summed E-state index contributed by atoms with van der Waals surface area (Å²) in [4.78, 5) is 24.4. The first-order valence-electron chi connectivity index (χ1n) is 7.44. The van der Waals surface area contributed by atoms with Crippen molar-refractivity contribution in [2.75, 3.05) is 32.8 Å². The molecule has 2 N–H and O–H groups in total. The number of ether oxygens (including phenoxy) is 1. The standard InChI is InChI=1S/C14H24N2O4/c17-12(18)3-1-7-15-13(19)16-8-2-4-14(11-16)5-9-20-10-6-14/h1-11H2,(H,15,19)(H,17,18). The number of hydrogen-bond acceptors (Lipinski definition) is 3. The van der Waals surface area contributed by atoms with E-state index in [4.69, 9.17) is 9.84 Å². The summed E-state index contributed by atoms with van der Waals surface area (Å²) in [6.45, 7) is 3.63. The molecule has 0 atom stereocenters. The number of nitrogens with one attached hydrogen (secondary N) is 1. The van der Waals surface area contributed by atoms with Crippen molar-refractivity contribution in [3.05, 3.63) is 0 Å². The number of carboxylic acids is 1. The van der Waals surface area contributed by atoms with Gasteiger partial charge in [0.05, 0.1) is 0 Å². The average Bonchev–Trinajstić information content (AvgIpc) is 2.44. The van der Waals surface area contributed by atoms with Gasteiger partial charge in [-0.2, -0.15) is 0 Å². The second kappa shape index (κ2) is 6.92. The molecule has 2 rings (SSSR count). The third-order valence-electron chi connectivity index (χ3n) is 4.35. The van der Waals surface area contributed by atoms with Crippen molar-refractivity contribution in [1.82, 2.24) is 10.2 Å². The number of rotatable bonds is 4. The van der Waals surface area contributed by atoms with Crippen molar-refractivity contribution in [3.63, 3.8) is 0 Å². The molecule has 114 valence electrons. The summed E-state index contributed by atoms with van der Waals surface area (Å²) < 4.78 is 5.42. The fourth-order valence-electron chi connectivity index (χ4n) is 3.14. The van der Waals surface area contributed by atoms with Crippen LogP contribution in [-0.4, -0.2) is 54.9 Å². The van der Waals surface area contributed by atoms with Crippen LogP contribution in [0, 0.1) is 5.41 Å². The third-order valence-corrected chi connectivity index (χ3v) is 4.35. The van der Waals surface area contributed by atoms with Gasteiger partial charge in [-0.1, -0.05) is 0 Å². The molecule has 0 bridgehead atoms. The van der Waals surface area contributed by atoms with E-state index in [9.17, 15) is 9.59 Å². The van der Waals surface area contributed by atoms with Crippen LogP contribution in [0.4, 0.5) is 4.79 Å². The number of likely N-dealkylation sites (tertiary alicyclic amines) is 1. The van der Waals surface area contributed by atoms with Crippen molar-refractivity contribution < 1.29 is 19.4 Å². The van der Waals surface area contributed by atoms with Crippen LogP contribution < -0.4 is 5.32 Å². The largest absolute Gasteiger partial charge is 0.481 e. The Hall–Kier alpha value is -1.30. The first-order valence-corrected chi connectivity index (χ1v) is 7.44. The molecule has 6 heteroatoms. The summed E-state index contributed by atoms with van der Waals surface area (Å²) in [5.41, 5.74) is 0.245. The van der Waals surface area contributed by atoms with Gasteiger partial charge in [0.25, 0.3) is 0 Å². The minimum absolute atomic E-state index is 0.0547. The lowest BCUT2D eigenvalue weighted by Crippen LogP contribution is -2.51. The van der Waals surface area contributed by atoms with Gasteiger partial charge < -0.3 is 20.1 Å². The number of amides is 2. The molecule has 0 unspecified atom stereocenters. The Morgan fingerprint density at radius 3 is 2.70 bits per heavy atom. The van der Waals surface area contributed by atoms with E-state index in [0.29, 0.717) is 13.0 Å². The Kier molecular flexibility index (Phi) is 5.23. The van der Waals surface area contributed by atoms with E-state index in [2.05, 4.69) is 5.32 Å². The molecular formula is C14H24N2O4. The summed E-state index contributed by atoms with van der Waals surface area (Å²) in [5, 5.41) is 11.4. The predicted octanol–water partition coefficient (Wildman–Crippen LogP) is 1.45. The summed E-state index contributed by atoms with van der Waals surface area (Å²) in [7, 11) is 0. The molecule has 0 saturated carbocycles. The Labute approximate surface area is 119 Å². The van der Waals surface area contributed by atoms with E-state index in [-0.39, 0.29) is 17.9 Å². The zero-order chi connectivity index (χ0) is 14.4. The van der Waals surface area contributed by atoms with Crippen molar-refractivity contribution in [3.8, 4) is 0 Å². The SMILES string of the molecule is O=C(O)CCCNC(=O)N1CCCC2(CCOCC2)C1. The molecule has 2 aliphatic heterocycles. The van der Waals surface area contributed by atoms with E-state index in [0.717, 1.165) is 45.6 Å². The molecule has 6 nitrogen and oxygen atoms in total. The molecule has 2 amide bonds. The van der Waals surface area contributed by atoms with Crippen LogP contribution in [0.3, 0.4) is 0 Å². The molecule has 2 fully saturated rings. The highest BCUT2D eigenvalue weighted by Crippen LogP contribution is 2.39. The van der Waals surface area contributed by atoms with Gasteiger partial charge in [0.1, 0.15) is 0 Å². The van der Waals surface area contributed by atoms with Crippen molar-refractivity contribution in [2.24, 2.45) is 5.41 Å². The van der Waals surface area contributed by atoms with Crippen molar-refractivity contribution >= 4 is 12.0 Å². The molecular weight excluding hydrogens is 260 g/mol. The number of hydrogen-bond donors (Lipinski definition) is 2. The Morgan fingerprint density at radius 1 is 1.25 bits per heavy atom. The van der Waals surface area contributed by atoms with Gasteiger partial charge in [0, 0.05) is 39.3 Å². The van der Waals surface area contributed by atoms with Crippen LogP contribution >= 0.6 is 0 Å². The molecule has 20 heavy (non-hydrogen) atoms. The minimum atomic E-state index is -0.821. The third kappa shape index (κ3) is 4.10. The van der Waals surface area contributed by atoms with E-state index >= 15 is 0 Å². The highest BCUT2D eigenvalue weighted by atomic mass is 16.5. The number of nitrogens with zero attached hydrogens (tertiary/aromatic N) is 1. The number of urea groups is 1. The fraction of sp³-hybridized carbons (Fsp3) is 0.857. The van der Waals surface area contributed by atoms with Crippen molar-refractivity contribution in [2.45, 2.75) is 38.5 Å². The Bertz CT molecular complexity index is 348.